The Kier molecular flexibility index (Phi) is 3.77. The van der Waals surface area contributed by atoms with Gasteiger partial charge in [0.2, 0.25) is 0 Å². The molecule has 0 aromatic heterocycles. The van der Waals surface area contributed by atoms with Crippen molar-refractivity contribution in [3.05, 3.63) is 29.8 Å². The Morgan fingerprint density at radius 1 is 1.20 bits per heavy atom. The smallest absolute Gasteiger partial charge is 0.325 e. The number of carbonyl (C=O) groups excluding carboxylic acids is 1. The van der Waals surface area contributed by atoms with E-state index in [1.165, 1.54) is 4.90 Å². The van der Waals surface area contributed by atoms with Crippen LogP contribution < -0.4 is 0 Å². The van der Waals surface area contributed by atoms with Crippen LogP contribution in [-0.4, -0.2) is 43.3 Å². The van der Waals surface area contributed by atoms with Gasteiger partial charge in [-0.15, -0.1) is 0 Å². The summed E-state index contributed by atoms with van der Waals surface area (Å²) < 4.78 is 26.4. The standard InChI is InChI=1S/C14H20N2O3S/c1-10(2)13-9-15(4)14(17)16(13)20(18,19)12-7-5-11(3)6-8-12/h5-8,10,13H,9H2,1-4H3. The fraction of sp³-hybridized carbons (Fsp3) is 0.500. The van der Waals surface area contributed by atoms with Crippen molar-refractivity contribution in [2.24, 2.45) is 5.92 Å². The maximum atomic E-state index is 12.7. The van der Waals surface area contributed by atoms with Gasteiger partial charge in [-0.3, -0.25) is 0 Å². The lowest BCUT2D eigenvalue weighted by atomic mass is 10.1. The van der Waals surface area contributed by atoms with Gasteiger partial charge in [0, 0.05) is 13.6 Å². The normalized spacial score (nSPS) is 20.1. The molecule has 2 rings (SSSR count). The van der Waals surface area contributed by atoms with Crippen LogP contribution >= 0.6 is 0 Å². The third kappa shape index (κ3) is 2.40. The number of sulfonamides is 1. The predicted octanol–water partition coefficient (Wildman–Crippen LogP) is 2.08. The van der Waals surface area contributed by atoms with Crippen LogP contribution in [0.1, 0.15) is 19.4 Å². The SMILES string of the molecule is Cc1ccc(S(=O)(=O)N2C(=O)N(C)CC2C(C)C)cc1. The highest BCUT2D eigenvalue weighted by Gasteiger charge is 2.44. The van der Waals surface area contributed by atoms with E-state index in [2.05, 4.69) is 0 Å². The highest BCUT2D eigenvalue weighted by atomic mass is 32.2. The van der Waals surface area contributed by atoms with E-state index in [0.717, 1.165) is 9.87 Å². The van der Waals surface area contributed by atoms with Gasteiger partial charge in [0.05, 0.1) is 10.9 Å². The van der Waals surface area contributed by atoms with Crippen molar-refractivity contribution in [3.8, 4) is 0 Å². The summed E-state index contributed by atoms with van der Waals surface area (Å²) >= 11 is 0. The van der Waals surface area contributed by atoms with Gasteiger partial charge in [-0.1, -0.05) is 31.5 Å². The van der Waals surface area contributed by atoms with Crippen LogP contribution in [0.2, 0.25) is 0 Å². The number of aryl methyl sites for hydroxylation is 1. The van der Waals surface area contributed by atoms with Crippen LogP contribution in [-0.2, 0) is 10.0 Å². The zero-order valence-electron chi connectivity index (χ0n) is 12.2. The molecule has 0 radical (unpaired) electrons. The molecule has 1 unspecified atom stereocenters. The van der Waals surface area contributed by atoms with Crippen molar-refractivity contribution in [1.29, 1.82) is 0 Å². The number of nitrogens with zero attached hydrogens (tertiary/aromatic N) is 2. The minimum absolute atomic E-state index is 0.0733. The van der Waals surface area contributed by atoms with Crippen LogP contribution in [0.25, 0.3) is 0 Å². The van der Waals surface area contributed by atoms with Gasteiger partial charge in [-0.2, -0.15) is 0 Å². The van der Waals surface area contributed by atoms with E-state index < -0.39 is 16.1 Å². The Labute approximate surface area is 120 Å². The highest BCUT2D eigenvalue weighted by molar-refractivity contribution is 7.89. The Hall–Kier alpha value is -1.56. The Morgan fingerprint density at radius 2 is 1.75 bits per heavy atom. The van der Waals surface area contributed by atoms with E-state index in [-0.39, 0.29) is 16.9 Å². The molecule has 1 aliphatic rings. The number of benzene rings is 1. The minimum atomic E-state index is -3.79. The van der Waals surface area contributed by atoms with Crippen molar-refractivity contribution in [2.75, 3.05) is 13.6 Å². The Morgan fingerprint density at radius 3 is 2.25 bits per heavy atom. The molecular formula is C14H20N2O3S. The van der Waals surface area contributed by atoms with E-state index in [9.17, 15) is 13.2 Å². The van der Waals surface area contributed by atoms with Gasteiger partial charge >= 0.3 is 6.03 Å². The van der Waals surface area contributed by atoms with Gasteiger partial charge in [-0.05, 0) is 25.0 Å². The highest BCUT2D eigenvalue weighted by Crippen LogP contribution is 2.28. The van der Waals surface area contributed by atoms with Gasteiger partial charge in [0.1, 0.15) is 0 Å². The van der Waals surface area contributed by atoms with Gasteiger partial charge in [0.25, 0.3) is 10.0 Å². The number of likely N-dealkylation sites (N-methyl/N-ethyl adjacent to an activating group) is 1. The third-order valence-electron chi connectivity index (χ3n) is 3.62. The topological polar surface area (TPSA) is 57.7 Å². The Balaban J connectivity index is 2.46. The molecule has 2 amide bonds. The second kappa shape index (κ2) is 5.09. The van der Waals surface area contributed by atoms with Crippen molar-refractivity contribution in [2.45, 2.75) is 31.7 Å². The third-order valence-corrected chi connectivity index (χ3v) is 5.44. The molecule has 1 saturated heterocycles. The van der Waals surface area contributed by atoms with E-state index in [0.29, 0.717) is 6.54 Å². The molecule has 0 saturated carbocycles. The quantitative estimate of drug-likeness (QED) is 0.858. The molecular weight excluding hydrogens is 276 g/mol. The minimum Gasteiger partial charge on any atom is -0.325 e. The molecule has 0 N–H and O–H groups in total. The first-order chi connectivity index (χ1) is 9.25. The van der Waals surface area contributed by atoms with Crippen molar-refractivity contribution < 1.29 is 13.2 Å². The average molecular weight is 296 g/mol. The number of hydrogen-bond donors (Lipinski definition) is 0. The van der Waals surface area contributed by atoms with Crippen molar-refractivity contribution in [1.82, 2.24) is 9.21 Å². The molecule has 110 valence electrons. The second-order valence-corrected chi connectivity index (χ2v) is 7.40. The summed E-state index contributed by atoms with van der Waals surface area (Å²) in [4.78, 5) is 13.8. The Bertz CT molecular complexity index is 608. The molecule has 1 fully saturated rings. The maximum Gasteiger partial charge on any atom is 0.334 e. The lowest BCUT2D eigenvalue weighted by Crippen LogP contribution is -2.42. The van der Waals surface area contributed by atoms with E-state index >= 15 is 0 Å². The summed E-state index contributed by atoms with van der Waals surface area (Å²) in [6.07, 6.45) is 0. The van der Waals surface area contributed by atoms with Crippen LogP contribution in [0.15, 0.2) is 29.2 Å². The van der Waals surface area contributed by atoms with E-state index in [4.69, 9.17) is 0 Å². The molecule has 0 aliphatic carbocycles. The van der Waals surface area contributed by atoms with E-state index in [1.54, 1.807) is 31.3 Å². The van der Waals surface area contributed by atoms with E-state index in [1.807, 2.05) is 20.8 Å². The molecule has 0 bridgehead atoms. The van der Waals surface area contributed by atoms with Gasteiger partial charge < -0.3 is 4.90 Å². The first kappa shape index (κ1) is 14.8. The number of urea groups is 1. The molecule has 1 aromatic carbocycles. The van der Waals surface area contributed by atoms with Crippen molar-refractivity contribution in [3.63, 3.8) is 0 Å². The van der Waals surface area contributed by atoms with Gasteiger partial charge in [-0.25, -0.2) is 17.5 Å². The first-order valence-electron chi connectivity index (χ1n) is 6.61. The number of rotatable bonds is 3. The fourth-order valence-corrected chi connectivity index (χ4v) is 4.05. The zero-order valence-corrected chi connectivity index (χ0v) is 13.0. The summed E-state index contributed by atoms with van der Waals surface area (Å²) in [5.74, 6) is 0.0733. The molecule has 1 heterocycles. The van der Waals surface area contributed by atoms with Crippen LogP contribution in [0, 0.1) is 12.8 Å². The summed E-state index contributed by atoms with van der Waals surface area (Å²) in [7, 11) is -2.16. The number of carbonyl (C=O) groups is 1. The molecule has 1 atom stereocenters. The molecule has 6 heteroatoms. The molecule has 1 aliphatic heterocycles. The summed E-state index contributed by atoms with van der Waals surface area (Å²) in [5.41, 5.74) is 0.981. The van der Waals surface area contributed by atoms with Crippen molar-refractivity contribution >= 4 is 16.1 Å². The largest absolute Gasteiger partial charge is 0.334 e. The summed E-state index contributed by atoms with van der Waals surface area (Å²) in [6, 6.07) is 5.80. The monoisotopic (exact) mass is 296 g/mol. The lowest BCUT2D eigenvalue weighted by molar-refractivity contribution is 0.211. The zero-order chi connectivity index (χ0) is 15.1. The van der Waals surface area contributed by atoms with Crippen LogP contribution in [0.5, 0.6) is 0 Å². The lowest BCUT2D eigenvalue weighted by Gasteiger charge is -2.25. The first-order valence-corrected chi connectivity index (χ1v) is 8.05. The molecule has 20 heavy (non-hydrogen) atoms. The fourth-order valence-electron chi connectivity index (χ4n) is 2.33. The maximum absolute atomic E-state index is 12.7. The molecule has 0 spiro atoms. The second-order valence-electron chi connectivity index (χ2n) is 5.59. The number of amides is 2. The van der Waals surface area contributed by atoms with Crippen LogP contribution in [0.4, 0.5) is 4.79 Å². The van der Waals surface area contributed by atoms with Crippen LogP contribution in [0.3, 0.4) is 0 Å². The average Bonchev–Trinajstić information content (AvgIpc) is 2.67. The molecule has 5 nitrogen and oxygen atoms in total. The molecule has 1 aromatic rings. The predicted molar refractivity (Wildman–Crippen MR) is 76.9 cm³/mol. The summed E-state index contributed by atoms with van der Waals surface area (Å²) in [6.45, 7) is 6.17. The van der Waals surface area contributed by atoms with Gasteiger partial charge in [0.15, 0.2) is 0 Å². The number of hydrogen-bond acceptors (Lipinski definition) is 3. The summed E-state index contributed by atoms with van der Waals surface area (Å²) in [5, 5.41) is 0.